The Morgan fingerprint density at radius 2 is 2.05 bits per heavy atom. The summed E-state index contributed by atoms with van der Waals surface area (Å²) < 4.78 is 10.8. The van der Waals surface area contributed by atoms with Crippen LogP contribution < -0.4 is 15.0 Å². The second-order valence-electron chi connectivity index (χ2n) is 9.71. The fourth-order valence-electron chi connectivity index (χ4n) is 4.23. The van der Waals surface area contributed by atoms with Crippen molar-refractivity contribution < 1.29 is 14.3 Å². The normalized spacial score (nSPS) is 13.8. The number of carbonyl (C=O) groups excluding carboxylic acids is 1. The molecule has 9 nitrogen and oxygen atoms in total. The van der Waals surface area contributed by atoms with Gasteiger partial charge in [0.1, 0.15) is 23.8 Å². The molecule has 37 heavy (non-hydrogen) atoms. The summed E-state index contributed by atoms with van der Waals surface area (Å²) in [6, 6.07) is 10.7. The highest BCUT2D eigenvalue weighted by molar-refractivity contribution is 6.30. The maximum atomic E-state index is 12.8. The SMILES string of the molecule is COc1ccc([C@H](CC(=O)OC(C)(C)C)Nc2ncnc3c2CN(c2ccc(Cl)cc2C#N)CC3)cn1. The lowest BCUT2D eigenvalue weighted by Crippen LogP contribution is -2.33. The summed E-state index contributed by atoms with van der Waals surface area (Å²) >= 11 is 6.11. The summed E-state index contributed by atoms with van der Waals surface area (Å²) in [5.74, 6) is 0.753. The summed E-state index contributed by atoms with van der Waals surface area (Å²) in [5.41, 5.74) is 3.32. The van der Waals surface area contributed by atoms with Gasteiger partial charge in [-0.2, -0.15) is 5.26 Å². The average Bonchev–Trinajstić information content (AvgIpc) is 2.87. The Hall–Kier alpha value is -3.90. The van der Waals surface area contributed by atoms with E-state index in [0.717, 1.165) is 22.5 Å². The summed E-state index contributed by atoms with van der Waals surface area (Å²) in [6.07, 6.45) is 3.95. The number of esters is 1. The summed E-state index contributed by atoms with van der Waals surface area (Å²) in [6.45, 7) is 6.70. The Balaban J connectivity index is 1.64. The van der Waals surface area contributed by atoms with Gasteiger partial charge in [-0.3, -0.25) is 4.79 Å². The minimum absolute atomic E-state index is 0.0730. The molecular formula is C27H29ClN6O3. The molecule has 0 bridgehead atoms. The van der Waals surface area contributed by atoms with E-state index in [1.54, 1.807) is 31.5 Å². The predicted octanol–water partition coefficient (Wildman–Crippen LogP) is 4.85. The molecule has 1 N–H and O–H groups in total. The molecule has 3 aromatic rings. The maximum absolute atomic E-state index is 12.8. The molecule has 0 fully saturated rings. The van der Waals surface area contributed by atoms with Gasteiger partial charge in [-0.1, -0.05) is 17.7 Å². The van der Waals surface area contributed by atoms with E-state index in [1.165, 1.54) is 6.33 Å². The highest BCUT2D eigenvalue weighted by Crippen LogP contribution is 2.32. The van der Waals surface area contributed by atoms with Gasteiger partial charge >= 0.3 is 5.97 Å². The van der Waals surface area contributed by atoms with E-state index in [1.807, 2.05) is 32.9 Å². The number of fused-ring (bicyclic) bond motifs is 1. The number of halogens is 1. The van der Waals surface area contributed by atoms with Crippen LogP contribution in [0.5, 0.6) is 5.88 Å². The number of nitrogens with one attached hydrogen (secondary N) is 1. The van der Waals surface area contributed by atoms with Gasteiger partial charge in [0.05, 0.1) is 36.5 Å². The van der Waals surface area contributed by atoms with Crippen LogP contribution in [0.2, 0.25) is 5.02 Å². The highest BCUT2D eigenvalue weighted by Gasteiger charge is 2.27. The van der Waals surface area contributed by atoms with Gasteiger partial charge in [-0.15, -0.1) is 0 Å². The monoisotopic (exact) mass is 520 g/mol. The van der Waals surface area contributed by atoms with Crippen molar-refractivity contribution in [1.29, 1.82) is 5.26 Å². The Morgan fingerprint density at radius 1 is 1.24 bits per heavy atom. The number of nitriles is 1. The molecule has 0 aliphatic carbocycles. The molecule has 0 saturated carbocycles. The summed E-state index contributed by atoms with van der Waals surface area (Å²) in [5, 5.41) is 13.6. The number of ether oxygens (including phenoxy) is 2. The molecule has 192 valence electrons. The second kappa shape index (κ2) is 11.0. The van der Waals surface area contributed by atoms with Gasteiger partial charge < -0.3 is 19.7 Å². The molecule has 4 rings (SSSR count). The molecule has 0 radical (unpaired) electrons. The van der Waals surface area contributed by atoms with Crippen LogP contribution in [-0.4, -0.2) is 40.2 Å². The number of carbonyl (C=O) groups is 1. The van der Waals surface area contributed by atoms with Crippen LogP contribution in [-0.2, 0) is 22.5 Å². The molecule has 1 atom stereocenters. The minimum Gasteiger partial charge on any atom is -0.481 e. The van der Waals surface area contributed by atoms with Crippen molar-refractivity contribution in [2.75, 3.05) is 23.9 Å². The smallest absolute Gasteiger partial charge is 0.308 e. The molecule has 2 aromatic heterocycles. The fraction of sp³-hybridized carbons (Fsp3) is 0.370. The van der Waals surface area contributed by atoms with Crippen molar-refractivity contribution in [3.8, 4) is 11.9 Å². The van der Waals surface area contributed by atoms with E-state index in [2.05, 4.69) is 31.2 Å². The van der Waals surface area contributed by atoms with Crippen molar-refractivity contribution in [2.24, 2.45) is 0 Å². The average molecular weight is 521 g/mol. The van der Waals surface area contributed by atoms with E-state index < -0.39 is 11.6 Å². The first-order chi connectivity index (χ1) is 17.7. The van der Waals surface area contributed by atoms with Crippen LogP contribution in [0.25, 0.3) is 0 Å². The number of nitrogens with zero attached hydrogens (tertiary/aromatic N) is 5. The first-order valence-corrected chi connectivity index (χ1v) is 12.3. The third-order valence-corrected chi connectivity index (χ3v) is 6.13. The number of methoxy groups -OCH3 is 1. The van der Waals surface area contributed by atoms with E-state index in [0.29, 0.717) is 41.8 Å². The lowest BCUT2D eigenvalue weighted by molar-refractivity contribution is -0.155. The summed E-state index contributed by atoms with van der Waals surface area (Å²) in [7, 11) is 1.55. The minimum atomic E-state index is -0.606. The van der Waals surface area contributed by atoms with Crippen molar-refractivity contribution in [3.63, 3.8) is 0 Å². The topological polar surface area (TPSA) is 113 Å². The third-order valence-electron chi connectivity index (χ3n) is 5.89. The number of pyridine rings is 1. The lowest BCUT2D eigenvalue weighted by atomic mass is 10.0. The Labute approximate surface area is 221 Å². The van der Waals surface area contributed by atoms with Crippen LogP contribution in [0, 0.1) is 11.3 Å². The molecule has 1 aliphatic heterocycles. The fourth-order valence-corrected chi connectivity index (χ4v) is 4.40. The zero-order valence-corrected chi connectivity index (χ0v) is 22.0. The number of hydrogen-bond donors (Lipinski definition) is 1. The third kappa shape index (κ3) is 6.46. The molecule has 0 unspecified atom stereocenters. The van der Waals surface area contributed by atoms with Gasteiger partial charge in [0, 0.05) is 42.4 Å². The highest BCUT2D eigenvalue weighted by atomic mass is 35.5. The van der Waals surface area contributed by atoms with Gasteiger partial charge in [0.25, 0.3) is 0 Å². The number of aromatic nitrogens is 3. The van der Waals surface area contributed by atoms with Gasteiger partial charge in [0.2, 0.25) is 5.88 Å². The van der Waals surface area contributed by atoms with Crippen LogP contribution >= 0.6 is 11.6 Å². The standard InChI is InChI=1S/C27H29ClN6O3/c1-27(2,3)37-25(35)12-22(17-5-8-24(36-4)30-14-17)33-26-20-15-34(10-9-21(20)31-16-32-26)23-7-6-19(28)11-18(23)13-29/h5-8,11,14,16,22H,9-10,12,15H2,1-4H3,(H,31,32,33)/t22-/m0/s1. The second-order valence-corrected chi connectivity index (χ2v) is 10.2. The van der Waals surface area contributed by atoms with Crippen LogP contribution in [0.4, 0.5) is 11.5 Å². The van der Waals surface area contributed by atoms with Gasteiger partial charge in [-0.25, -0.2) is 15.0 Å². The Bertz CT molecular complexity index is 1320. The van der Waals surface area contributed by atoms with E-state index in [9.17, 15) is 10.1 Å². The lowest BCUT2D eigenvalue weighted by Gasteiger charge is -2.32. The first-order valence-electron chi connectivity index (χ1n) is 11.9. The van der Waals surface area contributed by atoms with Crippen LogP contribution in [0.1, 0.15) is 55.6 Å². The number of hydrogen-bond acceptors (Lipinski definition) is 9. The Kier molecular flexibility index (Phi) is 7.79. The molecule has 0 amide bonds. The molecule has 0 spiro atoms. The molecule has 10 heteroatoms. The largest absolute Gasteiger partial charge is 0.481 e. The van der Waals surface area contributed by atoms with Gasteiger partial charge in [-0.05, 0) is 44.5 Å². The van der Waals surface area contributed by atoms with Crippen molar-refractivity contribution in [3.05, 3.63) is 70.3 Å². The molecular weight excluding hydrogens is 492 g/mol. The van der Waals surface area contributed by atoms with Crippen LogP contribution in [0.15, 0.2) is 42.9 Å². The quantitative estimate of drug-likeness (QED) is 0.436. The molecule has 3 heterocycles. The van der Waals surface area contributed by atoms with E-state index >= 15 is 0 Å². The number of anilines is 2. The van der Waals surface area contributed by atoms with Crippen molar-refractivity contribution in [1.82, 2.24) is 15.0 Å². The van der Waals surface area contributed by atoms with Crippen LogP contribution in [0.3, 0.4) is 0 Å². The van der Waals surface area contributed by atoms with Gasteiger partial charge in [0.15, 0.2) is 0 Å². The molecule has 1 aliphatic rings. The predicted molar refractivity (Wildman–Crippen MR) is 141 cm³/mol. The first kappa shape index (κ1) is 26.2. The van der Waals surface area contributed by atoms with Crippen molar-refractivity contribution in [2.45, 2.75) is 51.8 Å². The Morgan fingerprint density at radius 3 is 2.73 bits per heavy atom. The zero-order chi connectivity index (χ0) is 26.6. The van der Waals surface area contributed by atoms with Crippen molar-refractivity contribution >= 4 is 29.1 Å². The number of benzene rings is 1. The molecule has 0 saturated heterocycles. The maximum Gasteiger partial charge on any atom is 0.308 e. The summed E-state index contributed by atoms with van der Waals surface area (Å²) in [4.78, 5) is 28.2. The van der Waals surface area contributed by atoms with E-state index in [4.69, 9.17) is 21.1 Å². The number of rotatable bonds is 7. The van der Waals surface area contributed by atoms with E-state index in [-0.39, 0.29) is 12.4 Å². The zero-order valence-electron chi connectivity index (χ0n) is 21.3. The molecule has 1 aromatic carbocycles.